The molecule has 2 aliphatic rings. The van der Waals surface area contributed by atoms with Gasteiger partial charge in [0.25, 0.3) is 0 Å². The predicted molar refractivity (Wildman–Crippen MR) is 75.6 cm³/mol. The monoisotopic (exact) mass is 271 g/mol. The predicted octanol–water partition coefficient (Wildman–Crippen LogP) is 3.36. The van der Waals surface area contributed by atoms with Crippen molar-refractivity contribution >= 4 is 5.78 Å². The summed E-state index contributed by atoms with van der Waals surface area (Å²) in [6, 6.07) is 2.18. The lowest BCUT2D eigenvalue weighted by Crippen LogP contribution is -2.15. The molecule has 0 aliphatic heterocycles. The molecule has 0 radical (unpaired) electrons. The molecule has 3 rings (SSSR count). The van der Waals surface area contributed by atoms with Crippen molar-refractivity contribution in [3.63, 3.8) is 0 Å². The molecule has 0 aromatic carbocycles. The van der Waals surface area contributed by atoms with E-state index in [0.717, 1.165) is 42.6 Å². The summed E-state index contributed by atoms with van der Waals surface area (Å²) in [6.07, 6.45) is 9.12. The van der Waals surface area contributed by atoms with Gasteiger partial charge in [0.2, 0.25) is 0 Å². The van der Waals surface area contributed by atoms with E-state index in [-0.39, 0.29) is 5.78 Å². The Labute approximate surface area is 119 Å². The molecule has 0 atom stereocenters. The maximum atomic E-state index is 12.3. The fourth-order valence-electron chi connectivity index (χ4n) is 3.62. The third-order valence-electron chi connectivity index (χ3n) is 4.61. The number of aryl methyl sites for hydroxylation is 1. The van der Waals surface area contributed by atoms with Gasteiger partial charge in [0.15, 0.2) is 5.78 Å². The molecule has 2 aliphatic carbocycles. The Morgan fingerprint density at radius 3 is 2.75 bits per heavy atom. The van der Waals surface area contributed by atoms with E-state index in [2.05, 4.69) is 6.07 Å². The number of rotatable bonds is 3. The minimum Gasteiger partial charge on any atom is -0.294 e. The quantitative estimate of drug-likeness (QED) is 0.847. The number of hydrogen-bond acceptors (Lipinski definition) is 3. The number of Topliss-reactive ketones (excluding diaryl/α,β-unsaturated/α-hetero) is 1. The highest BCUT2D eigenvalue weighted by atomic mass is 16.1. The lowest BCUT2D eigenvalue weighted by atomic mass is 9.82. The van der Waals surface area contributed by atoms with Gasteiger partial charge in [-0.05, 0) is 25.7 Å². The number of hydrogen-bond donors (Lipinski definition) is 0. The average Bonchev–Trinajstić information content (AvgIpc) is 2.86. The van der Waals surface area contributed by atoms with Crippen LogP contribution in [0.25, 0.3) is 0 Å². The molecule has 0 amide bonds. The maximum Gasteiger partial charge on any atom is 0.166 e. The number of fused-ring (bicyclic) bond motifs is 1. The van der Waals surface area contributed by atoms with Crippen LogP contribution in [0.4, 0.5) is 0 Å². The number of carbonyl (C=O) groups excluding carboxylic acids is 1. The van der Waals surface area contributed by atoms with Gasteiger partial charge in [0, 0.05) is 18.0 Å². The van der Waals surface area contributed by atoms with Crippen LogP contribution in [0.15, 0.2) is 0 Å². The number of aromatic nitrogens is 2. The summed E-state index contributed by atoms with van der Waals surface area (Å²) in [5.74, 6) is 0.734. The van der Waals surface area contributed by atoms with Crippen molar-refractivity contribution < 1.29 is 4.79 Å². The van der Waals surface area contributed by atoms with Crippen LogP contribution >= 0.6 is 0 Å². The smallest absolute Gasteiger partial charge is 0.166 e. The molecular formula is C16H21N3O. The van der Waals surface area contributed by atoms with Crippen LogP contribution in [0.1, 0.15) is 79.0 Å². The van der Waals surface area contributed by atoms with E-state index < -0.39 is 0 Å². The molecule has 106 valence electrons. The second-order valence-electron chi connectivity index (χ2n) is 5.95. The van der Waals surface area contributed by atoms with E-state index in [1.54, 1.807) is 0 Å². The van der Waals surface area contributed by atoms with Crippen molar-refractivity contribution in [3.05, 3.63) is 17.0 Å². The van der Waals surface area contributed by atoms with Gasteiger partial charge in [-0.1, -0.05) is 19.3 Å². The summed E-state index contributed by atoms with van der Waals surface area (Å²) in [5, 5.41) is 13.5. The van der Waals surface area contributed by atoms with E-state index >= 15 is 0 Å². The number of carbonyl (C=O) groups is 1. The molecule has 0 saturated heterocycles. The molecule has 4 nitrogen and oxygen atoms in total. The molecule has 1 fully saturated rings. The molecule has 0 spiro atoms. The van der Waals surface area contributed by atoms with Crippen molar-refractivity contribution in [3.8, 4) is 6.07 Å². The molecule has 1 heterocycles. The Hall–Kier alpha value is -1.63. The molecule has 0 bridgehead atoms. The summed E-state index contributed by atoms with van der Waals surface area (Å²) in [7, 11) is 0. The van der Waals surface area contributed by atoms with Crippen LogP contribution in [-0.4, -0.2) is 15.6 Å². The largest absolute Gasteiger partial charge is 0.294 e. The maximum absolute atomic E-state index is 12.3. The molecule has 1 aromatic rings. The van der Waals surface area contributed by atoms with E-state index in [9.17, 15) is 4.79 Å². The topological polar surface area (TPSA) is 58.7 Å². The van der Waals surface area contributed by atoms with E-state index in [1.807, 2.05) is 4.68 Å². The minimum atomic E-state index is 0.273. The number of ketones is 1. The molecule has 0 unspecified atom stereocenters. The Kier molecular flexibility index (Phi) is 3.86. The highest BCUT2D eigenvalue weighted by Crippen LogP contribution is 2.37. The molecular weight excluding hydrogens is 250 g/mol. The van der Waals surface area contributed by atoms with Gasteiger partial charge in [-0.2, -0.15) is 10.4 Å². The third-order valence-corrected chi connectivity index (χ3v) is 4.61. The first kappa shape index (κ1) is 13.4. The fraction of sp³-hybridized carbons (Fsp3) is 0.688. The zero-order valence-corrected chi connectivity index (χ0v) is 11.9. The van der Waals surface area contributed by atoms with Crippen molar-refractivity contribution in [1.82, 2.24) is 9.78 Å². The summed E-state index contributed by atoms with van der Waals surface area (Å²) < 4.78 is 1.94. The summed E-state index contributed by atoms with van der Waals surface area (Å²) in [4.78, 5) is 12.3. The first-order valence-corrected chi connectivity index (χ1v) is 7.81. The Bertz CT molecular complexity index is 547. The van der Waals surface area contributed by atoms with Crippen LogP contribution in [0.2, 0.25) is 0 Å². The van der Waals surface area contributed by atoms with E-state index in [1.165, 1.54) is 19.3 Å². The Morgan fingerprint density at radius 2 is 2.00 bits per heavy atom. The lowest BCUT2D eigenvalue weighted by molar-refractivity contribution is 0.0970. The van der Waals surface area contributed by atoms with Crippen LogP contribution < -0.4 is 0 Å². The van der Waals surface area contributed by atoms with Crippen LogP contribution in [-0.2, 0) is 13.0 Å². The van der Waals surface area contributed by atoms with Crippen molar-refractivity contribution in [1.29, 1.82) is 5.26 Å². The minimum absolute atomic E-state index is 0.273. The van der Waals surface area contributed by atoms with Crippen LogP contribution in [0.5, 0.6) is 0 Å². The molecule has 0 N–H and O–H groups in total. The normalized spacial score (nSPS) is 19.6. The van der Waals surface area contributed by atoms with Crippen molar-refractivity contribution in [2.24, 2.45) is 0 Å². The average molecular weight is 271 g/mol. The standard InChI is InChI=1S/C16H21N3O/c17-10-5-11-19-13-8-4-9-14(20)15(13)16(18-19)12-6-2-1-3-7-12/h12H,1-9,11H2. The first-order valence-electron chi connectivity index (χ1n) is 7.81. The summed E-state index contributed by atoms with van der Waals surface area (Å²) in [6.45, 7) is 0.624. The molecule has 1 aromatic heterocycles. The SMILES string of the molecule is N#CCCn1nc(C2CCCCC2)c2c1CCCC2=O. The molecule has 1 saturated carbocycles. The zero-order valence-electron chi connectivity index (χ0n) is 11.9. The van der Waals surface area contributed by atoms with Gasteiger partial charge in [-0.15, -0.1) is 0 Å². The third kappa shape index (κ3) is 2.37. The Balaban J connectivity index is 1.98. The van der Waals surface area contributed by atoms with Crippen LogP contribution in [0, 0.1) is 11.3 Å². The van der Waals surface area contributed by atoms with Crippen molar-refractivity contribution in [2.45, 2.75) is 70.3 Å². The number of nitriles is 1. The van der Waals surface area contributed by atoms with Gasteiger partial charge in [-0.25, -0.2) is 0 Å². The zero-order chi connectivity index (χ0) is 13.9. The highest BCUT2D eigenvalue weighted by molar-refractivity contribution is 5.99. The van der Waals surface area contributed by atoms with Gasteiger partial charge < -0.3 is 0 Å². The summed E-state index contributed by atoms with van der Waals surface area (Å²) >= 11 is 0. The van der Waals surface area contributed by atoms with E-state index in [4.69, 9.17) is 10.4 Å². The molecule has 4 heteroatoms. The summed E-state index contributed by atoms with van der Waals surface area (Å²) in [5.41, 5.74) is 3.06. The highest BCUT2D eigenvalue weighted by Gasteiger charge is 2.31. The fourth-order valence-corrected chi connectivity index (χ4v) is 3.62. The first-order chi connectivity index (χ1) is 9.81. The molecule has 20 heavy (non-hydrogen) atoms. The van der Waals surface area contributed by atoms with Crippen molar-refractivity contribution in [2.75, 3.05) is 0 Å². The van der Waals surface area contributed by atoms with Gasteiger partial charge >= 0.3 is 0 Å². The second-order valence-corrected chi connectivity index (χ2v) is 5.95. The van der Waals surface area contributed by atoms with Gasteiger partial charge in [0.05, 0.1) is 30.3 Å². The number of nitrogens with zero attached hydrogens (tertiary/aromatic N) is 3. The van der Waals surface area contributed by atoms with E-state index in [0.29, 0.717) is 25.3 Å². The lowest BCUT2D eigenvalue weighted by Gasteiger charge is -2.21. The van der Waals surface area contributed by atoms with Crippen LogP contribution in [0.3, 0.4) is 0 Å². The Morgan fingerprint density at radius 1 is 1.20 bits per heavy atom. The second kappa shape index (κ2) is 5.78. The van der Waals surface area contributed by atoms with Gasteiger partial charge in [0.1, 0.15) is 0 Å². The van der Waals surface area contributed by atoms with Gasteiger partial charge in [-0.3, -0.25) is 9.48 Å².